The summed E-state index contributed by atoms with van der Waals surface area (Å²) in [5.74, 6) is -0.640. The van der Waals surface area contributed by atoms with Gasteiger partial charge in [0.05, 0.1) is 6.61 Å². The fourth-order valence-electron chi connectivity index (χ4n) is 4.02. The van der Waals surface area contributed by atoms with Gasteiger partial charge in [0.15, 0.2) is 0 Å². The summed E-state index contributed by atoms with van der Waals surface area (Å²) >= 11 is 3.47. The van der Waals surface area contributed by atoms with Crippen LogP contribution in [0.25, 0.3) is 0 Å². The Balaban J connectivity index is 1.92. The Hall–Kier alpha value is -1.93. The molecule has 0 bridgehead atoms. The van der Waals surface area contributed by atoms with E-state index in [1.165, 1.54) is 7.11 Å². The molecule has 2 aliphatic heterocycles. The largest absolute Gasteiger partial charge is 0.382 e. The second kappa shape index (κ2) is 7.24. The van der Waals surface area contributed by atoms with Gasteiger partial charge < -0.3 is 15.0 Å². The summed E-state index contributed by atoms with van der Waals surface area (Å²) in [6, 6.07) is 2.59. The second-order valence-corrected chi connectivity index (χ2v) is 8.32. The van der Waals surface area contributed by atoms with Crippen molar-refractivity contribution in [3.63, 3.8) is 0 Å². The molecule has 27 heavy (non-hydrogen) atoms. The van der Waals surface area contributed by atoms with E-state index in [-0.39, 0.29) is 12.5 Å². The van der Waals surface area contributed by atoms with Crippen LogP contribution in [0.5, 0.6) is 0 Å². The van der Waals surface area contributed by atoms with Gasteiger partial charge in [-0.1, -0.05) is 15.9 Å². The fraction of sp³-hybridized carbons (Fsp3) is 0.526. The summed E-state index contributed by atoms with van der Waals surface area (Å²) < 4.78 is 6.03. The first-order valence-corrected chi connectivity index (χ1v) is 9.72. The van der Waals surface area contributed by atoms with E-state index in [9.17, 15) is 14.4 Å². The minimum Gasteiger partial charge on any atom is -0.382 e. The lowest BCUT2D eigenvalue weighted by Gasteiger charge is -2.37. The zero-order valence-electron chi connectivity index (χ0n) is 16.0. The Labute approximate surface area is 167 Å². The van der Waals surface area contributed by atoms with E-state index in [0.29, 0.717) is 19.4 Å². The number of amides is 4. The molecule has 7 nitrogen and oxygen atoms in total. The number of imide groups is 1. The lowest BCUT2D eigenvalue weighted by atomic mass is 9.98. The highest BCUT2D eigenvalue weighted by Gasteiger charge is 2.53. The van der Waals surface area contributed by atoms with Crippen molar-refractivity contribution in [2.45, 2.75) is 45.2 Å². The summed E-state index contributed by atoms with van der Waals surface area (Å²) in [5, 5.41) is 2.67. The molecule has 4 amide bonds. The van der Waals surface area contributed by atoms with E-state index >= 15 is 0 Å². The number of methoxy groups -OCH3 is 1. The van der Waals surface area contributed by atoms with Gasteiger partial charge in [0, 0.05) is 23.8 Å². The Morgan fingerprint density at radius 2 is 1.89 bits per heavy atom. The quantitative estimate of drug-likeness (QED) is 0.733. The summed E-state index contributed by atoms with van der Waals surface area (Å²) in [4.78, 5) is 41.4. The zero-order chi connectivity index (χ0) is 19.9. The molecule has 1 aromatic rings. The van der Waals surface area contributed by atoms with Gasteiger partial charge >= 0.3 is 6.03 Å². The molecule has 3 rings (SSSR count). The third kappa shape index (κ3) is 3.36. The van der Waals surface area contributed by atoms with Crippen molar-refractivity contribution >= 4 is 39.5 Å². The Morgan fingerprint density at radius 3 is 2.48 bits per heavy atom. The maximum absolute atomic E-state index is 13.3. The molecule has 146 valence electrons. The SMILES string of the molecule is COC[C@@]1(C)NC(=O)N([C@H]2CCCN(c3c(C)cc(Br)cc3C)C2=O)C1=O. The molecule has 2 saturated heterocycles. The van der Waals surface area contributed by atoms with Gasteiger partial charge in [-0.25, -0.2) is 9.69 Å². The molecule has 1 aromatic carbocycles. The standard InChI is InChI=1S/C19H24BrN3O4/c1-11-8-13(20)9-12(2)15(11)22-7-5-6-14(16(22)24)23-17(25)19(3,10-27-4)21-18(23)26/h8-9,14H,5-7,10H2,1-4H3,(H,21,26)/t14-,19+/m0/s1. The number of hydrogen-bond acceptors (Lipinski definition) is 4. The minimum absolute atomic E-state index is 0.0592. The Kier molecular flexibility index (Phi) is 5.31. The van der Waals surface area contributed by atoms with E-state index in [1.807, 2.05) is 26.0 Å². The highest BCUT2D eigenvalue weighted by Crippen LogP contribution is 2.33. The molecular formula is C19H24BrN3O4. The van der Waals surface area contributed by atoms with Crippen LogP contribution in [-0.4, -0.2) is 54.6 Å². The lowest BCUT2D eigenvalue weighted by molar-refractivity contribution is -0.139. The molecule has 2 heterocycles. The monoisotopic (exact) mass is 437 g/mol. The van der Waals surface area contributed by atoms with Crippen LogP contribution >= 0.6 is 15.9 Å². The van der Waals surface area contributed by atoms with Crippen LogP contribution < -0.4 is 10.2 Å². The molecule has 0 aliphatic carbocycles. The van der Waals surface area contributed by atoms with Crippen molar-refractivity contribution in [1.29, 1.82) is 0 Å². The summed E-state index contributed by atoms with van der Waals surface area (Å²) in [7, 11) is 1.47. The number of nitrogens with zero attached hydrogens (tertiary/aromatic N) is 2. The number of anilines is 1. The predicted molar refractivity (Wildman–Crippen MR) is 105 cm³/mol. The van der Waals surface area contributed by atoms with E-state index in [1.54, 1.807) is 11.8 Å². The smallest absolute Gasteiger partial charge is 0.325 e. The Bertz CT molecular complexity index is 789. The highest BCUT2D eigenvalue weighted by molar-refractivity contribution is 9.10. The molecule has 0 radical (unpaired) electrons. The number of benzene rings is 1. The second-order valence-electron chi connectivity index (χ2n) is 7.41. The van der Waals surface area contributed by atoms with E-state index < -0.39 is 23.5 Å². The predicted octanol–water partition coefficient (Wildman–Crippen LogP) is 2.52. The van der Waals surface area contributed by atoms with E-state index in [0.717, 1.165) is 26.2 Å². The molecule has 0 unspecified atom stereocenters. The third-order valence-electron chi connectivity index (χ3n) is 5.17. The first kappa shape index (κ1) is 19.8. The first-order valence-electron chi connectivity index (χ1n) is 8.92. The van der Waals surface area contributed by atoms with Crippen molar-refractivity contribution in [2.24, 2.45) is 0 Å². The van der Waals surface area contributed by atoms with Crippen LogP contribution in [-0.2, 0) is 14.3 Å². The van der Waals surface area contributed by atoms with Gasteiger partial charge in [0.2, 0.25) is 5.91 Å². The van der Waals surface area contributed by atoms with Crippen LogP contribution in [0.4, 0.5) is 10.5 Å². The fourth-order valence-corrected chi connectivity index (χ4v) is 4.71. The molecule has 2 fully saturated rings. The highest BCUT2D eigenvalue weighted by atomic mass is 79.9. The normalized spacial score (nSPS) is 26.0. The number of carbonyl (C=O) groups is 3. The number of rotatable bonds is 4. The maximum Gasteiger partial charge on any atom is 0.325 e. The van der Waals surface area contributed by atoms with Crippen LogP contribution in [0.3, 0.4) is 0 Å². The summed E-state index contributed by atoms with van der Waals surface area (Å²) in [6.07, 6.45) is 1.18. The van der Waals surface area contributed by atoms with Gasteiger partial charge in [-0.2, -0.15) is 0 Å². The summed E-state index contributed by atoms with van der Waals surface area (Å²) in [5.41, 5.74) is 1.65. The van der Waals surface area contributed by atoms with Crippen LogP contribution in [0.15, 0.2) is 16.6 Å². The molecule has 0 aromatic heterocycles. The van der Waals surface area contributed by atoms with Crippen LogP contribution in [0.1, 0.15) is 30.9 Å². The Morgan fingerprint density at radius 1 is 1.26 bits per heavy atom. The molecule has 0 saturated carbocycles. The van der Waals surface area contributed by atoms with Gasteiger partial charge in [0.25, 0.3) is 5.91 Å². The number of halogens is 1. The van der Waals surface area contributed by atoms with Gasteiger partial charge in [-0.05, 0) is 56.9 Å². The number of carbonyl (C=O) groups excluding carboxylic acids is 3. The number of hydrogen-bond donors (Lipinski definition) is 1. The zero-order valence-corrected chi connectivity index (χ0v) is 17.6. The van der Waals surface area contributed by atoms with E-state index in [2.05, 4.69) is 21.2 Å². The van der Waals surface area contributed by atoms with Gasteiger partial charge in [0.1, 0.15) is 11.6 Å². The number of ether oxygens (including phenoxy) is 1. The summed E-state index contributed by atoms with van der Waals surface area (Å²) in [6.45, 7) is 6.15. The van der Waals surface area contributed by atoms with Crippen molar-refractivity contribution in [3.05, 3.63) is 27.7 Å². The van der Waals surface area contributed by atoms with Crippen LogP contribution in [0, 0.1) is 13.8 Å². The van der Waals surface area contributed by atoms with Crippen molar-refractivity contribution in [1.82, 2.24) is 10.2 Å². The number of nitrogens with one attached hydrogen (secondary N) is 1. The molecule has 8 heteroatoms. The average Bonchev–Trinajstić information content (AvgIpc) is 2.78. The minimum atomic E-state index is -1.14. The van der Waals surface area contributed by atoms with Crippen molar-refractivity contribution < 1.29 is 19.1 Å². The number of urea groups is 1. The van der Waals surface area contributed by atoms with Crippen molar-refractivity contribution in [2.75, 3.05) is 25.2 Å². The molecule has 0 spiro atoms. The topological polar surface area (TPSA) is 79.0 Å². The van der Waals surface area contributed by atoms with Gasteiger partial charge in [-0.15, -0.1) is 0 Å². The van der Waals surface area contributed by atoms with Crippen molar-refractivity contribution in [3.8, 4) is 0 Å². The van der Waals surface area contributed by atoms with Crippen LogP contribution in [0.2, 0.25) is 0 Å². The number of aryl methyl sites for hydroxylation is 2. The maximum atomic E-state index is 13.3. The average molecular weight is 438 g/mol. The van der Waals surface area contributed by atoms with Gasteiger partial charge in [-0.3, -0.25) is 9.59 Å². The number of piperidine rings is 1. The lowest BCUT2D eigenvalue weighted by Crippen LogP contribution is -2.56. The molecule has 1 N–H and O–H groups in total. The first-order chi connectivity index (χ1) is 12.7. The third-order valence-corrected chi connectivity index (χ3v) is 5.63. The molecule has 2 aliphatic rings. The molecule has 2 atom stereocenters. The van der Waals surface area contributed by atoms with E-state index in [4.69, 9.17) is 4.74 Å². The molecular weight excluding hydrogens is 414 g/mol.